The van der Waals surface area contributed by atoms with Crippen LogP contribution in [-0.2, 0) is 14.4 Å². The van der Waals surface area contributed by atoms with Crippen LogP contribution in [-0.4, -0.2) is 47.4 Å². The van der Waals surface area contributed by atoms with E-state index in [0.29, 0.717) is 19.5 Å². The Balaban J connectivity index is 1.68. The van der Waals surface area contributed by atoms with Crippen LogP contribution >= 0.6 is 15.9 Å². The number of nitrogens with zero attached hydrogens (tertiary/aromatic N) is 2. The summed E-state index contributed by atoms with van der Waals surface area (Å²) in [5, 5.41) is 9.03. The summed E-state index contributed by atoms with van der Waals surface area (Å²) in [5.74, 6) is -1.93. The molecule has 7 heteroatoms. The summed E-state index contributed by atoms with van der Waals surface area (Å²) < 4.78 is 0.876. The Morgan fingerprint density at radius 3 is 2.65 bits per heavy atom. The molecule has 2 aliphatic heterocycles. The lowest BCUT2D eigenvalue weighted by Crippen LogP contribution is -2.36. The number of carboxylic acid groups (broad SMARTS) is 1. The van der Waals surface area contributed by atoms with Crippen LogP contribution in [0.5, 0.6) is 0 Å². The Morgan fingerprint density at radius 2 is 2.00 bits per heavy atom. The van der Waals surface area contributed by atoms with Gasteiger partial charge in [0.05, 0.1) is 11.8 Å². The van der Waals surface area contributed by atoms with E-state index in [2.05, 4.69) is 15.9 Å². The van der Waals surface area contributed by atoms with Gasteiger partial charge in [-0.15, -0.1) is 0 Å². The molecule has 23 heavy (non-hydrogen) atoms. The molecule has 0 radical (unpaired) electrons. The average Bonchev–Trinajstić information content (AvgIpc) is 3.13. The highest BCUT2D eigenvalue weighted by Gasteiger charge is 2.40. The fraction of sp³-hybridized carbons (Fsp3) is 0.438. The highest BCUT2D eigenvalue weighted by Crippen LogP contribution is 2.29. The van der Waals surface area contributed by atoms with E-state index in [1.165, 1.54) is 0 Å². The van der Waals surface area contributed by atoms with Crippen molar-refractivity contribution < 1.29 is 19.5 Å². The first-order valence-electron chi connectivity index (χ1n) is 7.53. The maximum atomic E-state index is 12.5. The number of likely N-dealkylation sites (tertiary alicyclic amines) is 1. The fourth-order valence-electron chi connectivity index (χ4n) is 3.19. The Hall–Kier alpha value is -1.89. The van der Waals surface area contributed by atoms with Gasteiger partial charge in [-0.3, -0.25) is 14.4 Å². The molecule has 0 aromatic heterocycles. The van der Waals surface area contributed by atoms with Gasteiger partial charge >= 0.3 is 5.97 Å². The van der Waals surface area contributed by atoms with Gasteiger partial charge in [0.2, 0.25) is 11.8 Å². The molecule has 6 nitrogen and oxygen atoms in total. The molecule has 2 fully saturated rings. The van der Waals surface area contributed by atoms with Gasteiger partial charge in [0.25, 0.3) is 0 Å². The number of carbonyl (C=O) groups excluding carboxylic acids is 2. The molecule has 2 aliphatic rings. The zero-order valence-electron chi connectivity index (χ0n) is 12.4. The summed E-state index contributed by atoms with van der Waals surface area (Å²) in [6.45, 7) is 1.05. The normalized spacial score (nSPS) is 24.3. The number of aliphatic carboxylic acids is 1. The van der Waals surface area contributed by atoms with Crippen LogP contribution in [0.1, 0.15) is 12.8 Å². The van der Waals surface area contributed by atoms with Crippen LogP contribution in [0.15, 0.2) is 28.7 Å². The van der Waals surface area contributed by atoms with Crippen LogP contribution in [0.3, 0.4) is 0 Å². The van der Waals surface area contributed by atoms with E-state index in [1.54, 1.807) is 9.80 Å². The Morgan fingerprint density at radius 1 is 1.22 bits per heavy atom. The van der Waals surface area contributed by atoms with Crippen molar-refractivity contribution in [2.24, 2.45) is 11.8 Å². The van der Waals surface area contributed by atoms with Crippen molar-refractivity contribution in [1.29, 1.82) is 0 Å². The molecule has 2 amide bonds. The average molecular weight is 381 g/mol. The van der Waals surface area contributed by atoms with Gasteiger partial charge in [-0.25, -0.2) is 0 Å². The summed E-state index contributed by atoms with van der Waals surface area (Å²) in [5.41, 5.74) is 0.768. The van der Waals surface area contributed by atoms with E-state index < -0.39 is 17.8 Å². The van der Waals surface area contributed by atoms with E-state index in [4.69, 9.17) is 5.11 Å². The second-order valence-corrected chi connectivity index (χ2v) is 6.91. The number of hydrogen-bond acceptors (Lipinski definition) is 3. The second-order valence-electron chi connectivity index (χ2n) is 5.99. The highest BCUT2D eigenvalue weighted by atomic mass is 79.9. The molecule has 0 saturated carbocycles. The van der Waals surface area contributed by atoms with Gasteiger partial charge in [0.15, 0.2) is 0 Å². The zero-order chi connectivity index (χ0) is 16.6. The third-order valence-electron chi connectivity index (χ3n) is 4.44. The van der Waals surface area contributed by atoms with Crippen LogP contribution in [0.2, 0.25) is 0 Å². The van der Waals surface area contributed by atoms with Crippen molar-refractivity contribution in [3.63, 3.8) is 0 Å². The first kappa shape index (κ1) is 16.0. The molecule has 2 atom stereocenters. The summed E-state index contributed by atoms with van der Waals surface area (Å²) in [7, 11) is 0. The first-order valence-corrected chi connectivity index (χ1v) is 8.32. The molecule has 0 bridgehead atoms. The molecule has 2 unspecified atom stereocenters. The van der Waals surface area contributed by atoms with Crippen molar-refractivity contribution in [1.82, 2.24) is 4.90 Å². The molecule has 3 rings (SSSR count). The number of halogens is 1. The van der Waals surface area contributed by atoms with E-state index in [1.807, 2.05) is 24.3 Å². The third kappa shape index (κ3) is 3.24. The second kappa shape index (κ2) is 6.31. The minimum Gasteiger partial charge on any atom is -0.481 e. The number of benzene rings is 1. The van der Waals surface area contributed by atoms with Crippen LogP contribution in [0.25, 0.3) is 0 Å². The lowest BCUT2D eigenvalue weighted by Gasteiger charge is -2.21. The van der Waals surface area contributed by atoms with Crippen molar-refractivity contribution in [2.75, 3.05) is 24.5 Å². The molecule has 1 aromatic carbocycles. The zero-order valence-corrected chi connectivity index (χ0v) is 14.0. The van der Waals surface area contributed by atoms with Gasteiger partial charge < -0.3 is 14.9 Å². The molecule has 0 aliphatic carbocycles. The van der Waals surface area contributed by atoms with E-state index in [9.17, 15) is 14.4 Å². The SMILES string of the molecule is O=C(O)C1CCN(C(=O)C2CC(=O)N(c3cccc(Br)c3)C2)C1. The van der Waals surface area contributed by atoms with Crippen LogP contribution in [0, 0.1) is 11.8 Å². The minimum atomic E-state index is -0.862. The van der Waals surface area contributed by atoms with Gasteiger partial charge in [-0.2, -0.15) is 0 Å². The minimum absolute atomic E-state index is 0.0737. The number of rotatable bonds is 3. The fourth-order valence-corrected chi connectivity index (χ4v) is 3.57. The Kier molecular flexibility index (Phi) is 4.39. The lowest BCUT2D eigenvalue weighted by molar-refractivity contribution is -0.141. The molecule has 1 N–H and O–H groups in total. The molecule has 1 aromatic rings. The largest absolute Gasteiger partial charge is 0.481 e. The van der Waals surface area contributed by atoms with Crippen molar-refractivity contribution in [3.8, 4) is 0 Å². The number of carboxylic acids is 1. The van der Waals surface area contributed by atoms with E-state index in [0.717, 1.165) is 10.2 Å². The maximum absolute atomic E-state index is 12.5. The summed E-state index contributed by atoms with van der Waals surface area (Å²) >= 11 is 3.38. The third-order valence-corrected chi connectivity index (χ3v) is 4.94. The van der Waals surface area contributed by atoms with Crippen molar-refractivity contribution in [2.45, 2.75) is 12.8 Å². The number of anilines is 1. The molecule has 2 saturated heterocycles. The summed E-state index contributed by atoms with van der Waals surface area (Å²) in [6.07, 6.45) is 0.663. The van der Waals surface area contributed by atoms with E-state index in [-0.39, 0.29) is 24.8 Å². The molecule has 0 spiro atoms. The topological polar surface area (TPSA) is 77.9 Å². The van der Waals surface area contributed by atoms with Crippen molar-refractivity contribution >= 4 is 39.4 Å². The molecular weight excluding hydrogens is 364 g/mol. The van der Waals surface area contributed by atoms with Crippen LogP contribution in [0.4, 0.5) is 5.69 Å². The number of amides is 2. The predicted molar refractivity (Wildman–Crippen MR) is 86.9 cm³/mol. The lowest BCUT2D eigenvalue weighted by atomic mass is 10.1. The summed E-state index contributed by atoms with van der Waals surface area (Å²) in [4.78, 5) is 39.0. The summed E-state index contributed by atoms with van der Waals surface area (Å²) in [6, 6.07) is 7.41. The maximum Gasteiger partial charge on any atom is 0.308 e. The number of hydrogen-bond donors (Lipinski definition) is 1. The van der Waals surface area contributed by atoms with E-state index >= 15 is 0 Å². The van der Waals surface area contributed by atoms with Gasteiger partial charge in [-0.05, 0) is 24.6 Å². The predicted octanol–water partition coefficient (Wildman–Crippen LogP) is 1.74. The van der Waals surface area contributed by atoms with Gasteiger partial charge in [-0.1, -0.05) is 22.0 Å². The Bertz CT molecular complexity index is 663. The number of carbonyl (C=O) groups is 3. The molecule has 122 valence electrons. The molecular formula is C16H17BrN2O4. The Labute approximate surface area is 142 Å². The smallest absolute Gasteiger partial charge is 0.308 e. The van der Waals surface area contributed by atoms with Crippen LogP contribution < -0.4 is 4.90 Å². The van der Waals surface area contributed by atoms with Crippen molar-refractivity contribution in [3.05, 3.63) is 28.7 Å². The van der Waals surface area contributed by atoms with Gasteiger partial charge in [0, 0.05) is 36.2 Å². The standard InChI is InChI=1S/C16H17BrN2O4/c17-12-2-1-3-13(7-12)19-9-11(6-14(19)20)15(21)18-5-4-10(8-18)16(22)23/h1-3,7,10-11H,4-6,8-9H2,(H,22,23). The highest BCUT2D eigenvalue weighted by molar-refractivity contribution is 9.10. The van der Waals surface area contributed by atoms with Gasteiger partial charge in [0.1, 0.15) is 0 Å². The quantitative estimate of drug-likeness (QED) is 0.865. The first-order chi connectivity index (χ1) is 11.0. The molecule has 2 heterocycles. The monoisotopic (exact) mass is 380 g/mol.